The molecule has 0 bridgehead atoms. The smallest absolute Gasteiger partial charge is 0.317 e. The third-order valence-electron chi connectivity index (χ3n) is 5.57. The van der Waals surface area contributed by atoms with Crippen molar-refractivity contribution in [3.63, 3.8) is 0 Å². The molecule has 3 rings (SSSR count). The van der Waals surface area contributed by atoms with Gasteiger partial charge in [-0.25, -0.2) is 4.79 Å². The SMILES string of the molecule is Cn1cc(C2CCN(C(=O)NCC(C)(C)C3=CCCC3)CC2)cn1. The number of carbonyl (C=O) groups is 1. The highest BCUT2D eigenvalue weighted by Crippen LogP contribution is 2.34. The van der Waals surface area contributed by atoms with E-state index in [1.54, 1.807) is 0 Å². The Hall–Kier alpha value is -1.78. The molecule has 1 fully saturated rings. The molecule has 0 saturated carbocycles. The lowest BCUT2D eigenvalue weighted by atomic mass is 9.83. The van der Waals surface area contributed by atoms with E-state index in [0.29, 0.717) is 5.92 Å². The molecule has 0 radical (unpaired) electrons. The highest BCUT2D eigenvalue weighted by molar-refractivity contribution is 5.74. The average Bonchev–Trinajstić information content (AvgIpc) is 3.25. The van der Waals surface area contributed by atoms with E-state index in [1.807, 2.05) is 22.8 Å². The van der Waals surface area contributed by atoms with E-state index in [2.05, 4.69) is 36.5 Å². The van der Waals surface area contributed by atoms with Crippen LogP contribution in [0.4, 0.5) is 4.79 Å². The Morgan fingerprint density at radius 1 is 1.38 bits per heavy atom. The molecule has 1 saturated heterocycles. The topological polar surface area (TPSA) is 50.2 Å². The molecule has 0 aromatic carbocycles. The molecule has 132 valence electrons. The van der Waals surface area contributed by atoms with Gasteiger partial charge in [0.25, 0.3) is 0 Å². The molecule has 5 nitrogen and oxygen atoms in total. The molecule has 2 aliphatic rings. The minimum absolute atomic E-state index is 0.0696. The number of rotatable bonds is 4. The standard InChI is InChI=1S/C19H30N4O/c1-19(2,17-6-4-5-7-17)14-20-18(24)23-10-8-15(9-11-23)16-12-21-22(3)13-16/h6,12-13,15H,4-5,7-11,14H2,1-3H3,(H,20,24). The van der Waals surface area contributed by atoms with E-state index >= 15 is 0 Å². The van der Waals surface area contributed by atoms with Crippen molar-refractivity contribution >= 4 is 6.03 Å². The van der Waals surface area contributed by atoms with Crippen molar-refractivity contribution in [1.82, 2.24) is 20.0 Å². The second kappa shape index (κ2) is 6.99. The normalized spacial score (nSPS) is 19.5. The van der Waals surface area contributed by atoms with Gasteiger partial charge in [0.15, 0.2) is 0 Å². The number of piperidine rings is 1. The summed E-state index contributed by atoms with van der Waals surface area (Å²) in [5, 5.41) is 7.42. The van der Waals surface area contributed by atoms with Gasteiger partial charge in [0.2, 0.25) is 0 Å². The monoisotopic (exact) mass is 330 g/mol. The largest absolute Gasteiger partial charge is 0.337 e. The first-order valence-corrected chi connectivity index (χ1v) is 9.16. The van der Waals surface area contributed by atoms with Crippen molar-refractivity contribution in [2.24, 2.45) is 12.5 Å². The molecule has 5 heteroatoms. The van der Waals surface area contributed by atoms with Crippen molar-refractivity contribution in [2.45, 2.75) is 51.9 Å². The lowest BCUT2D eigenvalue weighted by Gasteiger charge is -2.33. The molecule has 1 aromatic rings. The summed E-state index contributed by atoms with van der Waals surface area (Å²) in [5.74, 6) is 0.530. The lowest BCUT2D eigenvalue weighted by molar-refractivity contribution is 0.178. The fourth-order valence-corrected chi connectivity index (χ4v) is 3.87. The summed E-state index contributed by atoms with van der Waals surface area (Å²) in [6.45, 7) is 6.85. The minimum atomic E-state index is 0.0696. The maximum atomic E-state index is 12.5. The van der Waals surface area contributed by atoms with Gasteiger partial charge < -0.3 is 10.2 Å². The Bertz CT molecular complexity index is 609. The van der Waals surface area contributed by atoms with Crippen LogP contribution in [0.2, 0.25) is 0 Å². The number of nitrogens with zero attached hydrogens (tertiary/aromatic N) is 3. The van der Waals surface area contributed by atoms with Gasteiger partial charge in [0.1, 0.15) is 0 Å². The lowest BCUT2D eigenvalue weighted by Crippen LogP contribution is -2.46. The quantitative estimate of drug-likeness (QED) is 0.860. The second-order valence-electron chi connectivity index (χ2n) is 7.87. The van der Waals surface area contributed by atoms with Gasteiger partial charge in [-0.05, 0) is 43.6 Å². The number of hydrogen-bond donors (Lipinski definition) is 1. The summed E-state index contributed by atoms with van der Waals surface area (Å²) in [6.07, 6.45) is 12.1. The molecule has 1 aliphatic carbocycles. The van der Waals surface area contributed by atoms with Crippen LogP contribution >= 0.6 is 0 Å². The minimum Gasteiger partial charge on any atom is -0.337 e. The van der Waals surface area contributed by atoms with Gasteiger partial charge in [0, 0.05) is 38.3 Å². The van der Waals surface area contributed by atoms with E-state index in [0.717, 1.165) is 32.5 Å². The molecule has 0 spiro atoms. The van der Waals surface area contributed by atoms with Gasteiger partial charge >= 0.3 is 6.03 Å². The molecular weight excluding hydrogens is 300 g/mol. The highest BCUT2D eigenvalue weighted by Gasteiger charge is 2.28. The van der Waals surface area contributed by atoms with Crippen LogP contribution in [-0.2, 0) is 7.05 Å². The Kier molecular flexibility index (Phi) is 4.97. The fraction of sp³-hybridized carbons (Fsp3) is 0.684. The summed E-state index contributed by atoms with van der Waals surface area (Å²) in [4.78, 5) is 14.5. The first-order valence-electron chi connectivity index (χ1n) is 9.16. The van der Waals surface area contributed by atoms with E-state index < -0.39 is 0 Å². The zero-order chi connectivity index (χ0) is 17.2. The van der Waals surface area contributed by atoms with Gasteiger partial charge in [-0.15, -0.1) is 0 Å². The van der Waals surface area contributed by atoms with Gasteiger partial charge in [-0.1, -0.05) is 25.5 Å². The summed E-state index contributed by atoms with van der Waals surface area (Å²) in [6, 6.07) is 0.0892. The van der Waals surface area contributed by atoms with E-state index in [-0.39, 0.29) is 11.4 Å². The molecule has 2 heterocycles. The van der Waals surface area contributed by atoms with Crippen LogP contribution in [-0.4, -0.2) is 40.3 Å². The molecule has 1 N–H and O–H groups in total. The number of hydrogen-bond acceptors (Lipinski definition) is 2. The van der Waals surface area contributed by atoms with E-state index in [1.165, 1.54) is 30.4 Å². The third kappa shape index (κ3) is 3.82. The third-order valence-corrected chi connectivity index (χ3v) is 5.57. The Balaban J connectivity index is 1.47. The maximum Gasteiger partial charge on any atom is 0.317 e. The van der Waals surface area contributed by atoms with Gasteiger partial charge in [-0.3, -0.25) is 4.68 Å². The summed E-state index contributed by atoms with van der Waals surface area (Å²) >= 11 is 0. The number of carbonyl (C=O) groups excluding carboxylic acids is 1. The Labute approximate surface area is 145 Å². The number of nitrogens with one attached hydrogen (secondary N) is 1. The molecule has 0 atom stereocenters. The van der Waals surface area contributed by atoms with Crippen molar-refractivity contribution in [3.05, 3.63) is 29.6 Å². The average molecular weight is 330 g/mol. The van der Waals surface area contributed by atoms with E-state index in [9.17, 15) is 4.79 Å². The number of likely N-dealkylation sites (tertiary alicyclic amines) is 1. The number of aryl methyl sites for hydroxylation is 1. The number of aromatic nitrogens is 2. The first-order chi connectivity index (χ1) is 11.5. The van der Waals surface area contributed by atoms with Crippen LogP contribution in [0.1, 0.15) is 57.4 Å². The fourth-order valence-electron chi connectivity index (χ4n) is 3.87. The predicted molar refractivity (Wildman–Crippen MR) is 95.9 cm³/mol. The van der Waals surface area contributed by atoms with Crippen LogP contribution in [0, 0.1) is 5.41 Å². The summed E-state index contributed by atoms with van der Waals surface area (Å²) in [7, 11) is 1.95. The van der Waals surface area contributed by atoms with Gasteiger partial charge in [-0.2, -0.15) is 5.10 Å². The van der Waals surface area contributed by atoms with E-state index in [4.69, 9.17) is 0 Å². The molecule has 24 heavy (non-hydrogen) atoms. The van der Waals surface area contributed by atoms with Crippen molar-refractivity contribution in [3.8, 4) is 0 Å². The molecule has 2 amide bonds. The van der Waals surface area contributed by atoms with Crippen molar-refractivity contribution in [1.29, 1.82) is 0 Å². The van der Waals surface area contributed by atoms with Crippen LogP contribution in [0.15, 0.2) is 24.0 Å². The summed E-state index contributed by atoms with van der Waals surface area (Å²) in [5.41, 5.74) is 2.87. The van der Waals surface area contributed by atoms with Crippen LogP contribution in [0.25, 0.3) is 0 Å². The van der Waals surface area contributed by atoms with Crippen LogP contribution < -0.4 is 5.32 Å². The predicted octanol–water partition coefficient (Wildman–Crippen LogP) is 3.45. The molecule has 1 aliphatic heterocycles. The number of urea groups is 1. The Morgan fingerprint density at radius 2 is 2.12 bits per heavy atom. The number of allylic oxidation sites excluding steroid dienone is 1. The molecule has 0 unspecified atom stereocenters. The van der Waals surface area contributed by atoms with Crippen LogP contribution in [0.5, 0.6) is 0 Å². The zero-order valence-electron chi connectivity index (χ0n) is 15.2. The maximum absolute atomic E-state index is 12.5. The second-order valence-corrected chi connectivity index (χ2v) is 7.87. The molecular formula is C19H30N4O. The summed E-state index contributed by atoms with van der Waals surface area (Å²) < 4.78 is 1.86. The Morgan fingerprint density at radius 3 is 2.71 bits per heavy atom. The zero-order valence-corrected chi connectivity index (χ0v) is 15.2. The van der Waals surface area contributed by atoms with Crippen molar-refractivity contribution in [2.75, 3.05) is 19.6 Å². The van der Waals surface area contributed by atoms with Crippen molar-refractivity contribution < 1.29 is 4.79 Å². The van der Waals surface area contributed by atoms with Crippen LogP contribution in [0.3, 0.4) is 0 Å². The first kappa shape index (κ1) is 17.1. The highest BCUT2D eigenvalue weighted by atomic mass is 16.2. The van der Waals surface area contributed by atoms with Gasteiger partial charge in [0.05, 0.1) is 6.20 Å². The molecule has 1 aromatic heterocycles. The number of amides is 2.